The highest BCUT2D eigenvalue weighted by Crippen LogP contribution is 2.39. The number of carboxylic acid groups (broad SMARTS) is 1. The molecule has 0 radical (unpaired) electrons. The maximum absolute atomic E-state index is 12.8. The van der Waals surface area contributed by atoms with E-state index in [2.05, 4.69) is 39.2 Å². The number of carbonyl (C=O) groups excluding carboxylic acids is 1. The quantitative estimate of drug-likeness (QED) is 0.770. The van der Waals surface area contributed by atoms with Gasteiger partial charge in [0, 0.05) is 30.6 Å². The number of benzene rings is 1. The van der Waals surface area contributed by atoms with Crippen molar-refractivity contribution in [3.8, 4) is 0 Å². The van der Waals surface area contributed by atoms with Crippen LogP contribution in [0.3, 0.4) is 0 Å². The molecule has 1 aliphatic heterocycles. The lowest BCUT2D eigenvalue weighted by molar-refractivity contribution is -0.146. The molecule has 1 aromatic heterocycles. The molecule has 0 bridgehead atoms. The van der Waals surface area contributed by atoms with E-state index < -0.39 is 11.9 Å². The second kappa shape index (κ2) is 7.64. The van der Waals surface area contributed by atoms with Crippen LogP contribution in [0.15, 0.2) is 18.2 Å². The lowest BCUT2D eigenvalue weighted by atomic mass is 9.73. The summed E-state index contributed by atoms with van der Waals surface area (Å²) in [6.45, 7) is 12.8. The lowest BCUT2D eigenvalue weighted by Gasteiger charge is -2.36. The van der Waals surface area contributed by atoms with Crippen molar-refractivity contribution in [2.24, 2.45) is 17.3 Å². The summed E-state index contributed by atoms with van der Waals surface area (Å²) >= 11 is 0. The molecule has 1 saturated heterocycles. The first-order valence-corrected chi connectivity index (χ1v) is 11.5. The predicted octanol–water partition coefficient (Wildman–Crippen LogP) is 4.71. The molecule has 4 rings (SSSR count). The van der Waals surface area contributed by atoms with Crippen LogP contribution < -0.4 is 0 Å². The van der Waals surface area contributed by atoms with E-state index in [1.807, 2.05) is 18.2 Å². The van der Waals surface area contributed by atoms with Crippen molar-refractivity contribution in [1.29, 1.82) is 0 Å². The Morgan fingerprint density at radius 3 is 2.39 bits per heavy atom. The van der Waals surface area contributed by atoms with Gasteiger partial charge in [0.2, 0.25) is 0 Å². The summed E-state index contributed by atoms with van der Waals surface area (Å²) in [5.41, 5.74) is 2.87. The average Bonchev–Trinajstić information content (AvgIpc) is 3.00. The summed E-state index contributed by atoms with van der Waals surface area (Å²) in [5.74, 6) is 0.327. The molecule has 168 valence electrons. The van der Waals surface area contributed by atoms with Crippen LogP contribution in [0.2, 0.25) is 0 Å². The number of rotatable bonds is 4. The number of amides is 1. The Balaban J connectivity index is 1.60. The number of hydrogen-bond donors (Lipinski definition) is 1. The lowest BCUT2D eigenvalue weighted by Crippen LogP contribution is -2.53. The van der Waals surface area contributed by atoms with E-state index in [0.717, 1.165) is 23.4 Å². The van der Waals surface area contributed by atoms with Crippen LogP contribution in [0.5, 0.6) is 0 Å². The maximum atomic E-state index is 12.8. The maximum Gasteiger partial charge on any atom is 0.310 e. The molecule has 1 amide bonds. The van der Waals surface area contributed by atoms with Crippen LogP contribution in [0.1, 0.15) is 76.5 Å². The third-order valence-corrected chi connectivity index (χ3v) is 7.08. The van der Waals surface area contributed by atoms with Gasteiger partial charge in [-0.25, -0.2) is 4.98 Å². The molecule has 31 heavy (non-hydrogen) atoms. The molecule has 2 aromatic rings. The number of carboxylic acids is 1. The number of carbonyl (C=O) groups is 2. The van der Waals surface area contributed by atoms with Crippen LogP contribution in [0.4, 0.5) is 0 Å². The number of fused-ring (bicyclic) bond motifs is 1. The second-order valence-corrected chi connectivity index (χ2v) is 11.4. The third kappa shape index (κ3) is 4.35. The Hall–Kier alpha value is -2.37. The molecule has 1 aromatic carbocycles. The van der Waals surface area contributed by atoms with Crippen molar-refractivity contribution in [2.75, 3.05) is 13.1 Å². The van der Waals surface area contributed by atoms with Crippen LogP contribution in [-0.2, 0) is 16.8 Å². The largest absolute Gasteiger partial charge is 0.481 e. The standard InChI is InChI=1S/C25H35N3O3/c1-24(2,3)23-26-19-12-17(21(29)27-14-18(15-27)22(30)31)6-7-20(19)28(23)13-16-8-10-25(4,5)11-9-16/h6-7,12,16,18H,8-11,13-15H2,1-5H3,(H,30,31). The second-order valence-electron chi connectivity index (χ2n) is 11.4. The van der Waals surface area contributed by atoms with Crippen LogP contribution in [0, 0.1) is 17.3 Å². The first-order valence-electron chi connectivity index (χ1n) is 11.5. The summed E-state index contributed by atoms with van der Waals surface area (Å²) in [7, 11) is 0. The van der Waals surface area contributed by atoms with E-state index >= 15 is 0 Å². The molecule has 2 fully saturated rings. The van der Waals surface area contributed by atoms with Gasteiger partial charge in [-0.3, -0.25) is 9.59 Å². The van der Waals surface area contributed by atoms with Gasteiger partial charge >= 0.3 is 5.97 Å². The van der Waals surface area contributed by atoms with Gasteiger partial charge in [-0.2, -0.15) is 0 Å². The van der Waals surface area contributed by atoms with Crippen LogP contribution in [0.25, 0.3) is 11.0 Å². The Kier molecular flexibility index (Phi) is 5.39. The summed E-state index contributed by atoms with van der Waals surface area (Å²) in [6.07, 6.45) is 5.01. The van der Waals surface area contributed by atoms with Gasteiger partial charge in [0.15, 0.2) is 0 Å². The van der Waals surface area contributed by atoms with Gasteiger partial charge in [-0.15, -0.1) is 0 Å². The number of hydrogen-bond acceptors (Lipinski definition) is 3. The topological polar surface area (TPSA) is 75.4 Å². The van der Waals surface area contributed by atoms with E-state index in [1.165, 1.54) is 25.7 Å². The van der Waals surface area contributed by atoms with Crippen molar-refractivity contribution in [3.63, 3.8) is 0 Å². The number of aliphatic carboxylic acids is 1. The van der Waals surface area contributed by atoms with Crippen molar-refractivity contribution < 1.29 is 14.7 Å². The molecule has 1 aliphatic carbocycles. The van der Waals surface area contributed by atoms with Gasteiger partial charge in [0.25, 0.3) is 5.91 Å². The van der Waals surface area contributed by atoms with Crippen molar-refractivity contribution in [2.45, 2.75) is 72.3 Å². The molecule has 6 heteroatoms. The van der Waals surface area contributed by atoms with Crippen LogP contribution >= 0.6 is 0 Å². The Labute approximate surface area is 184 Å². The Morgan fingerprint density at radius 2 is 1.81 bits per heavy atom. The summed E-state index contributed by atoms with van der Waals surface area (Å²) in [4.78, 5) is 30.4. The first-order chi connectivity index (χ1) is 14.4. The Bertz CT molecular complexity index is 999. The summed E-state index contributed by atoms with van der Waals surface area (Å²) in [6, 6.07) is 5.76. The van der Waals surface area contributed by atoms with Crippen molar-refractivity contribution in [3.05, 3.63) is 29.6 Å². The third-order valence-electron chi connectivity index (χ3n) is 7.08. The number of imidazole rings is 1. The van der Waals surface area contributed by atoms with Gasteiger partial charge in [-0.1, -0.05) is 34.6 Å². The van der Waals surface area contributed by atoms with E-state index in [9.17, 15) is 9.59 Å². The molecule has 6 nitrogen and oxygen atoms in total. The highest BCUT2D eigenvalue weighted by Gasteiger charge is 2.36. The van der Waals surface area contributed by atoms with Crippen LogP contribution in [-0.4, -0.2) is 44.5 Å². The van der Waals surface area contributed by atoms with Gasteiger partial charge in [0.05, 0.1) is 17.0 Å². The number of aromatic nitrogens is 2. The zero-order chi connectivity index (χ0) is 22.6. The van der Waals surface area contributed by atoms with Crippen molar-refractivity contribution in [1.82, 2.24) is 14.5 Å². The molecule has 2 aliphatic rings. The minimum atomic E-state index is -0.834. The SMILES string of the molecule is CC1(C)CCC(Cn2c(C(C)(C)C)nc3cc(C(=O)N4CC(C(=O)O)C4)ccc32)CC1. The monoisotopic (exact) mass is 425 g/mol. The van der Waals surface area contributed by atoms with E-state index in [0.29, 0.717) is 16.9 Å². The molecule has 0 atom stereocenters. The normalized spacial score (nSPS) is 20.1. The highest BCUT2D eigenvalue weighted by molar-refractivity contribution is 5.98. The van der Waals surface area contributed by atoms with Crippen molar-refractivity contribution >= 4 is 22.9 Å². The fourth-order valence-electron chi connectivity index (χ4n) is 4.90. The smallest absolute Gasteiger partial charge is 0.310 e. The van der Waals surface area contributed by atoms with E-state index in [1.54, 1.807) is 4.90 Å². The minimum absolute atomic E-state index is 0.0939. The fourth-order valence-corrected chi connectivity index (χ4v) is 4.90. The fraction of sp³-hybridized carbons (Fsp3) is 0.640. The van der Waals surface area contributed by atoms with Gasteiger partial charge < -0.3 is 14.6 Å². The molecule has 1 N–H and O–H groups in total. The molecule has 0 spiro atoms. The number of nitrogens with zero attached hydrogens (tertiary/aromatic N) is 3. The molecule has 1 saturated carbocycles. The highest BCUT2D eigenvalue weighted by atomic mass is 16.4. The van der Waals surface area contributed by atoms with E-state index in [4.69, 9.17) is 10.1 Å². The molecular formula is C25H35N3O3. The molecular weight excluding hydrogens is 390 g/mol. The van der Waals surface area contributed by atoms with E-state index in [-0.39, 0.29) is 24.4 Å². The number of likely N-dealkylation sites (tertiary alicyclic amines) is 1. The predicted molar refractivity (Wildman–Crippen MR) is 121 cm³/mol. The molecule has 2 heterocycles. The summed E-state index contributed by atoms with van der Waals surface area (Å²) < 4.78 is 2.37. The first kappa shape index (κ1) is 21.8. The Morgan fingerprint density at radius 1 is 1.16 bits per heavy atom. The van der Waals surface area contributed by atoms with Gasteiger partial charge in [-0.05, 0) is 55.2 Å². The average molecular weight is 426 g/mol. The summed E-state index contributed by atoms with van der Waals surface area (Å²) in [5, 5.41) is 9.07. The minimum Gasteiger partial charge on any atom is -0.481 e. The zero-order valence-corrected chi connectivity index (χ0v) is 19.4. The zero-order valence-electron chi connectivity index (χ0n) is 19.4. The van der Waals surface area contributed by atoms with Gasteiger partial charge in [0.1, 0.15) is 5.82 Å². The molecule has 0 unspecified atom stereocenters.